The molecule has 0 aromatic carbocycles. The van der Waals surface area contributed by atoms with Crippen LogP contribution in [0.3, 0.4) is 0 Å². The van der Waals surface area contributed by atoms with Gasteiger partial charge >= 0.3 is 0 Å². The van der Waals surface area contributed by atoms with E-state index in [0.717, 1.165) is 0 Å². The number of rotatable bonds is 2. The molecular weight excluding hydrogens is 238 g/mol. The third-order valence-electron chi connectivity index (χ3n) is 2.69. The number of nitrogens with zero attached hydrogens (tertiary/aromatic N) is 1. The van der Waals surface area contributed by atoms with Crippen LogP contribution in [-0.2, 0) is 4.74 Å². The number of hydrogen-bond donors (Lipinski definition) is 0. The summed E-state index contributed by atoms with van der Waals surface area (Å²) in [5, 5.41) is 0. The summed E-state index contributed by atoms with van der Waals surface area (Å²) in [5.74, 6) is 0.00189. The Morgan fingerprint density at radius 2 is 2.12 bits per heavy atom. The van der Waals surface area contributed by atoms with Crippen molar-refractivity contribution in [3.05, 3.63) is 21.9 Å². The van der Waals surface area contributed by atoms with Crippen molar-refractivity contribution in [1.29, 1.82) is 0 Å². The zero-order chi connectivity index (χ0) is 12.4. The summed E-state index contributed by atoms with van der Waals surface area (Å²) in [6, 6.07) is 3.44. The molecule has 4 nitrogen and oxygen atoms in total. The van der Waals surface area contributed by atoms with E-state index >= 15 is 0 Å². The minimum absolute atomic E-state index is 0.00218. The van der Waals surface area contributed by atoms with Gasteiger partial charge in [-0.1, -0.05) is 0 Å². The van der Waals surface area contributed by atoms with Gasteiger partial charge in [0.25, 0.3) is 5.91 Å². The normalized spacial score (nSPS) is 20.4. The van der Waals surface area contributed by atoms with E-state index in [1.165, 1.54) is 18.3 Å². The molecule has 0 spiro atoms. The number of ether oxygens (including phenoxy) is 1. The Balaban J connectivity index is 2.10. The minimum atomic E-state index is -0.00218. The number of ketones is 1. The SMILES string of the molecule is CC(=O)c1ccc(C(=O)N2CCOC(C)C2)s1. The number of hydrogen-bond acceptors (Lipinski definition) is 4. The molecule has 2 rings (SSSR count). The van der Waals surface area contributed by atoms with Gasteiger partial charge in [0.15, 0.2) is 5.78 Å². The van der Waals surface area contributed by atoms with Crippen molar-refractivity contribution in [2.24, 2.45) is 0 Å². The molecule has 1 aromatic heterocycles. The van der Waals surface area contributed by atoms with Gasteiger partial charge in [0.2, 0.25) is 0 Å². The summed E-state index contributed by atoms with van der Waals surface area (Å²) in [5.41, 5.74) is 0. The summed E-state index contributed by atoms with van der Waals surface area (Å²) >= 11 is 1.26. The molecule has 0 bridgehead atoms. The maximum absolute atomic E-state index is 12.2. The Morgan fingerprint density at radius 1 is 1.41 bits per heavy atom. The number of Topliss-reactive ketones (excluding diaryl/α,β-unsaturated/α-hetero) is 1. The van der Waals surface area contributed by atoms with Crippen LogP contribution in [0.2, 0.25) is 0 Å². The number of amides is 1. The maximum atomic E-state index is 12.2. The third-order valence-corrected chi connectivity index (χ3v) is 3.87. The lowest BCUT2D eigenvalue weighted by Gasteiger charge is -2.30. The van der Waals surface area contributed by atoms with E-state index in [-0.39, 0.29) is 17.8 Å². The van der Waals surface area contributed by atoms with Crippen LogP contribution in [-0.4, -0.2) is 42.4 Å². The zero-order valence-electron chi connectivity index (χ0n) is 9.93. The van der Waals surface area contributed by atoms with E-state index in [1.54, 1.807) is 17.0 Å². The van der Waals surface area contributed by atoms with Crippen molar-refractivity contribution in [3.63, 3.8) is 0 Å². The average Bonchev–Trinajstić information content (AvgIpc) is 2.77. The highest BCUT2D eigenvalue weighted by Crippen LogP contribution is 2.20. The topological polar surface area (TPSA) is 46.6 Å². The Morgan fingerprint density at radius 3 is 2.71 bits per heavy atom. The second-order valence-corrected chi connectivity index (χ2v) is 5.24. The van der Waals surface area contributed by atoms with Crippen molar-refractivity contribution >= 4 is 23.0 Å². The lowest BCUT2D eigenvalue weighted by molar-refractivity contribution is -0.0122. The molecular formula is C12H15NO3S. The lowest BCUT2D eigenvalue weighted by Crippen LogP contribution is -2.44. The quantitative estimate of drug-likeness (QED) is 0.755. The fourth-order valence-corrected chi connectivity index (χ4v) is 2.67. The van der Waals surface area contributed by atoms with E-state index in [4.69, 9.17) is 4.74 Å². The molecule has 1 atom stereocenters. The van der Waals surface area contributed by atoms with Crippen molar-refractivity contribution in [2.75, 3.05) is 19.7 Å². The Hall–Kier alpha value is -1.20. The molecule has 1 saturated heterocycles. The van der Waals surface area contributed by atoms with Crippen molar-refractivity contribution in [3.8, 4) is 0 Å². The monoisotopic (exact) mass is 253 g/mol. The first-order valence-electron chi connectivity index (χ1n) is 5.59. The third kappa shape index (κ3) is 2.73. The fourth-order valence-electron chi connectivity index (χ4n) is 1.80. The lowest BCUT2D eigenvalue weighted by atomic mass is 10.3. The number of carbonyl (C=O) groups excluding carboxylic acids is 2. The highest BCUT2D eigenvalue weighted by Gasteiger charge is 2.23. The Bertz CT molecular complexity index is 441. The standard InChI is InChI=1S/C12H15NO3S/c1-8-7-13(5-6-16-8)12(15)11-4-3-10(17-11)9(2)14/h3-4,8H,5-7H2,1-2H3. The van der Waals surface area contributed by atoms with Crippen molar-refractivity contribution in [2.45, 2.75) is 20.0 Å². The molecule has 0 radical (unpaired) electrons. The first-order valence-corrected chi connectivity index (χ1v) is 6.41. The molecule has 2 heterocycles. The van der Waals surface area contributed by atoms with Crippen molar-refractivity contribution < 1.29 is 14.3 Å². The van der Waals surface area contributed by atoms with Crippen LogP contribution in [0.4, 0.5) is 0 Å². The molecule has 5 heteroatoms. The Kier molecular flexibility index (Phi) is 3.59. The summed E-state index contributed by atoms with van der Waals surface area (Å²) < 4.78 is 5.39. The number of thiophene rings is 1. The van der Waals surface area contributed by atoms with Gasteiger partial charge in [0, 0.05) is 13.1 Å². The van der Waals surface area contributed by atoms with E-state index in [9.17, 15) is 9.59 Å². The largest absolute Gasteiger partial charge is 0.375 e. The van der Waals surface area contributed by atoms with Gasteiger partial charge in [-0.3, -0.25) is 9.59 Å². The van der Waals surface area contributed by atoms with Crippen LogP contribution in [0.1, 0.15) is 33.2 Å². The molecule has 92 valence electrons. The molecule has 17 heavy (non-hydrogen) atoms. The summed E-state index contributed by atoms with van der Waals surface area (Å²) in [4.78, 5) is 26.4. The molecule has 1 aliphatic heterocycles. The van der Waals surface area contributed by atoms with E-state index in [1.807, 2.05) is 6.92 Å². The molecule has 1 amide bonds. The smallest absolute Gasteiger partial charge is 0.264 e. The van der Waals surface area contributed by atoms with E-state index < -0.39 is 0 Å². The molecule has 1 aromatic rings. The van der Waals surface area contributed by atoms with Gasteiger partial charge in [-0.15, -0.1) is 11.3 Å². The summed E-state index contributed by atoms with van der Waals surface area (Å²) in [6.07, 6.45) is 0.0833. The highest BCUT2D eigenvalue weighted by atomic mass is 32.1. The fraction of sp³-hybridized carbons (Fsp3) is 0.500. The van der Waals surface area contributed by atoms with Gasteiger partial charge in [0.05, 0.1) is 22.5 Å². The predicted molar refractivity (Wildman–Crippen MR) is 65.6 cm³/mol. The highest BCUT2D eigenvalue weighted by molar-refractivity contribution is 7.15. The van der Waals surface area contributed by atoms with E-state index in [0.29, 0.717) is 29.5 Å². The molecule has 1 aliphatic rings. The second kappa shape index (κ2) is 4.98. The molecule has 0 N–H and O–H groups in total. The van der Waals surface area contributed by atoms with Crippen LogP contribution < -0.4 is 0 Å². The molecule has 1 unspecified atom stereocenters. The van der Waals surface area contributed by atoms with Crippen LogP contribution in [0.15, 0.2) is 12.1 Å². The van der Waals surface area contributed by atoms with Gasteiger partial charge in [-0.25, -0.2) is 0 Å². The Labute approximate surface area is 104 Å². The number of morpholine rings is 1. The second-order valence-electron chi connectivity index (χ2n) is 4.15. The van der Waals surface area contributed by atoms with Crippen LogP contribution in [0, 0.1) is 0 Å². The van der Waals surface area contributed by atoms with Gasteiger partial charge < -0.3 is 9.64 Å². The molecule has 1 fully saturated rings. The van der Waals surface area contributed by atoms with Gasteiger partial charge in [0.1, 0.15) is 0 Å². The maximum Gasteiger partial charge on any atom is 0.264 e. The first-order chi connectivity index (χ1) is 8.08. The van der Waals surface area contributed by atoms with Crippen LogP contribution in [0.5, 0.6) is 0 Å². The van der Waals surface area contributed by atoms with Gasteiger partial charge in [-0.2, -0.15) is 0 Å². The minimum Gasteiger partial charge on any atom is -0.375 e. The molecule has 0 saturated carbocycles. The van der Waals surface area contributed by atoms with Crippen molar-refractivity contribution in [1.82, 2.24) is 4.90 Å². The van der Waals surface area contributed by atoms with Crippen LogP contribution >= 0.6 is 11.3 Å². The summed E-state index contributed by atoms with van der Waals surface area (Å²) in [6.45, 7) is 5.28. The number of carbonyl (C=O) groups is 2. The average molecular weight is 253 g/mol. The van der Waals surface area contributed by atoms with Gasteiger partial charge in [-0.05, 0) is 26.0 Å². The molecule has 0 aliphatic carbocycles. The predicted octanol–water partition coefficient (Wildman–Crippen LogP) is 1.81. The summed E-state index contributed by atoms with van der Waals surface area (Å²) in [7, 11) is 0. The van der Waals surface area contributed by atoms with Crippen LogP contribution in [0.25, 0.3) is 0 Å². The first kappa shape index (κ1) is 12.3. The zero-order valence-corrected chi connectivity index (χ0v) is 10.8. The van der Waals surface area contributed by atoms with E-state index in [2.05, 4.69) is 0 Å².